The summed E-state index contributed by atoms with van der Waals surface area (Å²) in [5.41, 5.74) is 8.78. The minimum Gasteiger partial charge on any atom is -0.352 e. The van der Waals surface area contributed by atoms with E-state index in [1.165, 1.54) is 135 Å². The number of primary amides is 1. The van der Waals surface area contributed by atoms with Gasteiger partial charge in [0.2, 0.25) is 5.91 Å². The third kappa shape index (κ3) is 17.9. The molecule has 3 unspecified atom stereocenters. The van der Waals surface area contributed by atoms with Crippen LogP contribution in [0, 0.1) is 35.5 Å². The Morgan fingerprint density at radius 3 is 1.85 bits per heavy atom. The molecule has 0 bridgehead atoms. The molecule has 314 valence electrons. The third-order valence-corrected chi connectivity index (χ3v) is 14.2. The summed E-state index contributed by atoms with van der Waals surface area (Å²) in [6.45, 7) is 4.64. The largest absolute Gasteiger partial charge is 0.352 e. The molecule has 3 fully saturated rings. The van der Waals surface area contributed by atoms with Crippen LogP contribution in [-0.2, 0) is 9.59 Å². The van der Waals surface area contributed by atoms with Crippen LogP contribution in [-0.4, -0.2) is 42.4 Å². The van der Waals surface area contributed by atoms with E-state index in [9.17, 15) is 14.4 Å². The molecule has 4 rings (SSSR count). The zero-order chi connectivity index (χ0) is 39.1. The molecule has 4 aliphatic rings. The molecular formula is C48H84N4O3. The van der Waals surface area contributed by atoms with Crippen LogP contribution in [0.15, 0.2) is 17.9 Å². The first-order valence-corrected chi connectivity index (χ1v) is 23.8. The van der Waals surface area contributed by atoms with Crippen molar-refractivity contribution >= 4 is 17.7 Å². The summed E-state index contributed by atoms with van der Waals surface area (Å²) >= 11 is 0. The Balaban J connectivity index is 1.30. The number of amides is 3. The molecule has 0 radical (unpaired) electrons. The molecule has 0 spiro atoms. The zero-order valence-electron chi connectivity index (χ0n) is 35.6. The van der Waals surface area contributed by atoms with Crippen LogP contribution in [0.25, 0.3) is 0 Å². The van der Waals surface area contributed by atoms with Crippen LogP contribution in [0.3, 0.4) is 0 Å². The molecule has 0 aromatic rings. The quantitative estimate of drug-likeness (QED) is 0.104. The molecule has 3 saturated carbocycles. The molecule has 0 aliphatic heterocycles. The molecule has 0 saturated heterocycles. The van der Waals surface area contributed by atoms with Crippen molar-refractivity contribution in [2.45, 2.75) is 225 Å². The van der Waals surface area contributed by atoms with Crippen LogP contribution in [0.5, 0.6) is 0 Å². The van der Waals surface area contributed by atoms with E-state index in [0.29, 0.717) is 49.6 Å². The van der Waals surface area contributed by atoms with Gasteiger partial charge >= 0.3 is 6.03 Å². The number of carbonyl (C=O) groups excluding carboxylic acids is 3. The van der Waals surface area contributed by atoms with Crippen molar-refractivity contribution in [3.63, 3.8) is 0 Å². The van der Waals surface area contributed by atoms with E-state index in [-0.39, 0.29) is 23.7 Å². The van der Waals surface area contributed by atoms with E-state index in [1.54, 1.807) is 0 Å². The van der Waals surface area contributed by atoms with E-state index in [0.717, 1.165) is 50.4 Å². The standard InChI is InChI=1S/C48H84N4O3/c1-37(2)46(51-43-32-30-41(31-33-43)39-23-18-14-10-6-3-4-7-11-15-19-24-39)47(54)52-44(27-22-34-50-48(49)55)45(53)36-38-28-29-42(35-38)40-25-20-16-12-8-5-9-13-17-21-26-40/h12,20,37-44,46,51H,3-11,13-15,17-19,21-36H2,1-2H3,(H,52,54)(H3,49,50,55)/t16?,38?,40?,41?,42?,43?,44-,46-/m0/s1. The summed E-state index contributed by atoms with van der Waals surface area (Å²) in [6, 6.07) is -1.08. The van der Waals surface area contributed by atoms with Gasteiger partial charge < -0.3 is 21.7 Å². The molecular weight excluding hydrogens is 681 g/mol. The molecule has 3 amide bonds. The number of hydrogen-bond donors (Lipinski definition) is 4. The maximum atomic E-state index is 14.1. The fraction of sp³-hybridized carbons (Fsp3) is 0.875. The van der Waals surface area contributed by atoms with Crippen molar-refractivity contribution in [3.05, 3.63) is 17.9 Å². The highest BCUT2D eigenvalue weighted by Crippen LogP contribution is 2.41. The minimum atomic E-state index is -0.554. The second-order valence-corrected chi connectivity index (χ2v) is 18.9. The van der Waals surface area contributed by atoms with Gasteiger partial charge in [-0.1, -0.05) is 117 Å². The normalized spacial score (nSPS) is 28.4. The highest BCUT2D eigenvalue weighted by molar-refractivity contribution is 5.91. The van der Waals surface area contributed by atoms with Gasteiger partial charge in [0.25, 0.3) is 0 Å². The van der Waals surface area contributed by atoms with Crippen molar-refractivity contribution in [1.29, 1.82) is 0 Å². The van der Waals surface area contributed by atoms with Gasteiger partial charge in [-0.05, 0) is 131 Å². The first-order chi connectivity index (χ1) is 26.8. The van der Waals surface area contributed by atoms with Crippen molar-refractivity contribution < 1.29 is 14.4 Å². The molecule has 0 heterocycles. The maximum absolute atomic E-state index is 14.1. The number of allylic oxidation sites excluding steroid dienone is 1. The lowest BCUT2D eigenvalue weighted by Gasteiger charge is -2.37. The SMILES string of the molecule is CC(C)[C@H](NC1CCC(C2CCCCCCCCCCCC2)CC1)C(=O)N[C@@H](CCCNC(N)=O)C(=O)CC1CCC(C2CC=C=CCCCCCCC2)C1. The van der Waals surface area contributed by atoms with Gasteiger partial charge in [-0.25, -0.2) is 4.79 Å². The number of Topliss-reactive ketones (excluding diaryl/α,β-unsaturated/α-hetero) is 1. The molecule has 7 nitrogen and oxygen atoms in total. The average Bonchev–Trinajstić information content (AvgIpc) is 3.63. The molecule has 55 heavy (non-hydrogen) atoms. The van der Waals surface area contributed by atoms with Gasteiger partial charge in [-0.3, -0.25) is 9.59 Å². The summed E-state index contributed by atoms with van der Waals surface area (Å²) in [5, 5.41) is 9.72. The topological polar surface area (TPSA) is 113 Å². The van der Waals surface area contributed by atoms with Crippen LogP contribution in [0.2, 0.25) is 0 Å². The summed E-state index contributed by atoms with van der Waals surface area (Å²) in [7, 11) is 0. The van der Waals surface area contributed by atoms with Crippen LogP contribution in [0.4, 0.5) is 4.79 Å². The van der Waals surface area contributed by atoms with Crippen LogP contribution >= 0.6 is 0 Å². The Morgan fingerprint density at radius 2 is 1.24 bits per heavy atom. The maximum Gasteiger partial charge on any atom is 0.312 e. The van der Waals surface area contributed by atoms with Gasteiger partial charge in [0.1, 0.15) is 0 Å². The molecule has 4 aliphatic carbocycles. The van der Waals surface area contributed by atoms with Gasteiger partial charge in [-0.2, -0.15) is 0 Å². The number of nitrogens with two attached hydrogens (primary N) is 1. The van der Waals surface area contributed by atoms with Crippen molar-refractivity contribution in [1.82, 2.24) is 16.0 Å². The molecule has 5 atom stereocenters. The van der Waals surface area contributed by atoms with Crippen LogP contribution < -0.4 is 21.7 Å². The summed E-state index contributed by atoms with van der Waals surface area (Å²) in [4.78, 5) is 39.5. The van der Waals surface area contributed by atoms with Gasteiger partial charge in [-0.15, -0.1) is 5.73 Å². The number of urea groups is 1. The number of nitrogens with one attached hydrogen (secondary N) is 3. The van der Waals surface area contributed by atoms with E-state index in [4.69, 9.17) is 5.73 Å². The Kier molecular flexibility index (Phi) is 22.2. The van der Waals surface area contributed by atoms with Gasteiger partial charge in [0.05, 0.1) is 12.1 Å². The highest BCUT2D eigenvalue weighted by Gasteiger charge is 2.35. The zero-order valence-corrected chi connectivity index (χ0v) is 35.6. The van der Waals surface area contributed by atoms with Crippen LogP contribution in [0.1, 0.15) is 206 Å². The van der Waals surface area contributed by atoms with E-state index >= 15 is 0 Å². The predicted octanol–water partition coefficient (Wildman–Crippen LogP) is 11.2. The Hall–Kier alpha value is -2.11. The van der Waals surface area contributed by atoms with Crippen molar-refractivity contribution in [2.75, 3.05) is 6.54 Å². The van der Waals surface area contributed by atoms with E-state index in [2.05, 4.69) is 47.7 Å². The van der Waals surface area contributed by atoms with E-state index in [1.807, 2.05) is 0 Å². The number of rotatable bonds is 14. The second-order valence-electron chi connectivity index (χ2n) is 18.9. The number of carbonyl (C=O) groups is 3. The van der Waals surface area contributed by atoms with Crippen molar-refractivity contribution in [2.24, 2.45) is 41.2 Å². The van der Waals surface area contributed by atoms with Gasteiger partial charge in [0, 0.05) is 19.0 Å². The summed E-state index contributed by atoms with van der Waals surface area (Å²) < 4.78 is 0. The lowest BCUT2D eigenvalue weighted by Crippen LogP contribution is -2.55. The second kappa shape index (κ2) is 26.7. The monoisotopic (exact) mass is 765 g/mol. The fourth-order valence-corrected chi connectivity index (χ4v) is 10.8. The summed E-state index contributed by atoms with van der Waals surface area (Å²) in [6.07, 6.45) is 41.3. The smallest absolute Gasteiger partial charge is 0.312 e. The third-order valence-electron chi connectivity index (χ3n) is 14.2. The Labute approximate surface area is 337 Å². The first-order valence-electron chi connectivity index (χ1n) is 23.8. The number of ketones is 1. The molecule has 0 aromatic heterocycles. The predicted molar refractivity (Wildman–Crippen MR) is 229 cm³/mol. The first kappa shape index (κ1) is 45.6. The fourth-order valence-electron chi connectivity index (χ4n) is 10.8. The number of hydrogen-bond acceptors (Lipinski definition) is 4. The molecule has 7 heteroatoms. The molecule has 0 aromatic carbocycles. The Morgan fingerprint density at radius 1 is 0.673 bits per heavy atom. The van der Waals surface area contributed by atoms with Crippen molar-refractivity contribution in [3.8, 4) is 0 Å². The lowest BCUT2D eigenvalue weighted by atomic mass is 9.74. The Bertz CT molecular complexity index is 1140. The van der Waals surface area contributed by atoms with E-state index < -0.39 is 12.1 Å². The van der Waals surface area contributed by atoms with Gasteiger partial charge in [0.15, 0.2) is 5.78 Å². The molecule has 5 N–H and O–H groups in total. The summed E-state index contributed by atoms with van der Waals surface area (Å²) in [5.74, 6) is 3.62. The lowest BCUT2D eigenvalue weighted by molar-refractivity contribution is -0.130. The minimum absolute atomic E-state index is 0.0501. The average molecular weight is 765 g/mol. The highest BCUT2D eigenvalue weighted by atomic mass is 16.2.